The van der Waals surface area contributed by atoms with Crippen LogP contribution in [0.5, 0.6) is 0 Å². The Kier molecular flexibility index (Phi) is 16.3. The second-order valence-electron chi connectivity index (χ2n) is 16.3. The van der Waals surface area contributed by atoms with Crippen LogP contribution in [-0.2, 0) is 29.4 Å². The fourth-order valence-corrected chi connectivity index (χ4v) is 9.61. The number of hydrogen-bond acceptors (Lipinski definition) is 16. The predicted octanol–water partition coefficient (Wildman–Crippen LogP) is 9.53. The number of hydrogen-bond donors (Lipinski definition) is 0. The SMILES string of the molecule is O=C(OC[C@H]1O[C@@H](/N=c2\sc(=Nc3ccccc3)nc(SCc3ccccc3)n2-c2cccc([N+](=O)[O-])c2)[C@H](OC(=O)c2ccccc2)[C@@H](OC(=O)c2ccccc2)[C@@H]1OC(=O)c1ccccc1)c1ccccc1. The third-order valence-corrected chi connectivity index (χ3v) is 13.1. The summed E-state index contributed by atoms with van der Waals surface area (Å²) >= 11 is 2.27. The molecule has 0 spiro atoms. The van der Waals surface area contributed by atoms with Gasteiger partial charge in [0.25, 0.3) is 5.69 Å². The Bertz CT molecular complexity index is 3390. The summed E-state index contributed by atoms with van der Waals surface area (Å²) in [5.74, 6) is -3.00. The summed E-state index contributed by atoms with van der Waals surface area (Å²) in [6.07, 6.45) is -8.22. The number of nitro groups is 1. The Morgan fingerprint density at radius 1 is 0.608 bits per heavy atom. The first-order chi connectivity index (χ1) is 36.2. The van der Waals surface area contributed by atoms with Crippen LogP contribution in [0.3, 0.4) is 0 Å². The van der Waals surface area contributed by atoms with Gasteiger partial charge in [-0.15, -0.1) is 0 Å². The summed E-state index contributed by atoms with van der Waals surface area (Å²) in [6, 6.07) is 56.8. The average Bonchev–Trinajstić information content (AvgIpc) is 3.45. The molecule has 5 atom stereocenters. The highest BCUT2D eigenvalue weighted by molar-refractivity contribution is 7.98. The molecule has 9 rings (SSSR count). The number of para-hydroxylation sites is 1. The molecule has 1 aliphatic rings. The van der Waals surface area contributed by atoms with Crippen molar-refractivity contribution in [1.82, 2.24) is 9.55 Å². The summed E-state index contributed by atoms with van der Waals surface area (Å²) in [6.45, 7) is -0.595. The van der Waals surface area contributed by atoms with E-state index in [1.807, 2.05) is 48.5 Å². The van der Waals surface area contributed by atoms with Crippen LogP contribution in [0.25, 0.3) is 5.69 Å². The lowest BCUT2D eigenvalue weighted by Gasteiger charge is -2.43. The van der Waals surface area contributed by atoms with Crippen molar-refractivity contribution in [2.75, 3.05) is 6.61 Å². The molecule has 1 aliphatic heterocycles. The molecule has 2 heterocycles. The van der Waals surface area contributed by atoms with E-state index in [9.17, 15) is 29.3 Å². The van der Waals surface area contributed by atoms with Crippen molar-refractivity contribution < 1.29 is 47.8 Å². The minimum Gasteiger partial charge on any atom is -0.459 e. The molecule has 1 saturated heterocycles. The lowest BCUT2D eigenvalue weighted by Crippen LogP contribution is -2.62. The predicted molar refractivity (Wildman–Crippen MR) is 274 cm³/mol. The lowest BCUT2D eigenvalue weighted by atomic mass is 9.97. The normalized spacial score (nSPS) is 17.6. The minimum atomic E-state index is -1.72. The average molecular weight is 1030 g/mol. The van der Waals surface area contributed by atoms with E-state index in [2.05, 4.69) is 0 Å². The Morgan fingerprint density at radius 3 is 1.64 bits per heavy atom. The highest BCUT2D eigenvalue weighted by Gasteiger charge is 2.53. The number of benzene rings is 7. The van der Waals surface area contributed by atoms with Crippen LogP contribution in [0.1, 0.15) is 47.0 Å². The molecule has 1 aromatic heterocycles. The first kappa shape index (κ1) is 50.1. The topological polar surface area (TPSA) is 200 Å². The molecular weight excluding hydrogens is 983 g/mol. The van der Waals surface area contributed by atoms with Gasteiger partial charge in [-0.2, -0.15) is 4.98 Å². The Morgan fingerprint density at radius 2 is 1.09 bits per heavy atom. The molecular formula is C56H43N5O11S2. The van der Waals surface area contributed by atoms with Crippen molar-refractivity contribution in [3.63, 3.8) is 0 Å². The van der Waals surface area contributed by atoms with Crippen LogP contribution >= 0.6 is 23.1 Å². The molecule has 74 heavy (non-hydrogen) atoms. The zero-order valence-electron chi connectivity index (χ0n) is 39.0. The smallest absolute Gasteiger partial charge is 0.338 e. The van der Waals surface area contributed by atoms with Gasteiger partial charge in [0.1, 0.15) is 12.7 Å². The number of nitrogens with zero attached hydrogens (tertiary/aromatic N) is 5. The number of rotatable bonds is 16. The first-order valence-electron chi connectivity index (χ1n) is 23.0. The van der Waals surface area contributed by atoms with Gasteiger partial charge in [-0.05, 0) is 72.3 Å². The molecule has 7 aromatic carbocycles. The molecule has 0 N–H and O–H groups in total. The van der Waals surface area contributed by atoms with E-state index in [1.54, 1.807) is 108 Å². The van der Waals surface area contributed by atoms with Gasteiger partial charge in [0.2, 0.25) is 4.80 Å². The van der Waals surface area contributed by atoms with E-state index in [0.717, 1.165) is 16.9 Å². The fourth-order valence-electron chi connectivity index (χ4n) is 7.65. The lowest BCUT2D eigenvalue weighted by molar-refractivity contribution is -0.384. The maximum atomic E-state index is 14.4. The highest BCUT2D eigenvalue weighted by atomic mass is 32.2. The Labute approximate surface area is 431 Å². The number of carbonyl (C=O) groups excluding carboxylic acids is 4. The fraction of sp³-hybridized carbons (Fsp3) is 0.125. The second kappa shape index (κ2) is 24.1. The molecule has 16 nitrogen and oxygen atoms in total. The first-order valence-corrected chi connectivity index (χ1v) is 24.8. The number of nitro benzene ring substituents is 1. The minimum absolute atomic E-state index is 0.0735. The van der Waals surface area contributed by atoms with Gasteiger partial charge in [0.05, 0.1) is 38.6 Å². The molecule has 0 saturated carbocycles. The molecule has 0 amide bonds. The maximum Gasteiger partial charge on any atom is 0.338 e. The number of ether oxygens (including phenoxy) is 5. The molecule has 0 radical (unpaired) electrons. The van der Waals surface area contributed by atoms with Crippen molar-refractivity contribution in [3.05, 3.63) is 254 Å². The number of aromatic nitrogens is 2. The van der Waals surface area contributed by atoms with E-state index < -0.39 is 66.1 Å². The number of carbonyl (C=O) groups is 4. The van der Waals surface area contributed by atoms with Crippen molar-refractivity contribution in [2.24, 2.45) is 9.98 Å². The van der Waals surface area contributed by atoms with Crippen LogP contribution in [0, 0.1) is 10.1 Å². The van der Waals surface area contributed by atoms with Gasteiger partial charge in [0, 0.05) is 17.9 Å². The summed E-state index contributed by atoms with van der Waals surface area (Å²) in [7, 11) is 0. The van der Waals surface area contributed by atoms with Crippen LogP contribution in [0.2, 0.25) is 0 Å². The molecule has 0 bridgehead atoms. The van der Waals surface area contributed by atoms with Crippen LogP contribution < -0.4 is 9.60 Å². The van der Waals surface area contributed by atoms with Gasteiger partial charge < -0.3 is 23.7 Å². The Hall–Kier alpha value is -8.84. The van der Waals surface area contributed by atoms with Crippen molar-refractivity contribution in [1.29, 1.82) is 0 Å². The van der Waals surface area contributed by atoms with Crippen molar-refractivity contribution in [2.45, 2.75) is 41.6 Å². The van der Waals surface area contributed by atoms with Gasteiger partial charge in [-0.1, -0.05) is 150 Å². The van der Waals surface area contributed by atoms with E-state index in [4.69, 9.17) is 38.7 Å². The molecule has 370 valence electrons. The zero-order valence-corrected chi connectivity index (χ0v) is 40.6. The number of thioether (sulfide) groups is 1. The van der Waals surface area contributed by atoms with Gasteiger partial charge in [-0.25, -0.2) is 29.2 Å². The second-order valence-corrected chi connectivity index (χ2v) is 18.1. The summed E-state index contributed by atoms with van der Waals surface area (Å²) in [4.78, 5) is 83.7. The summed E-state index contributed by atoms with van der Waals surface area (Å²) in [5.41, 5.74) is 2.07. The van der Waals surface area contributed by atoms with E-state index >= 15 is 0 Å². The maximum absolute atomic E-state index is 14.4. The van der Waals surface area contributed by atoms with Crippen LogP contribution in [0.15, 0.2) is 221 Å². The molecule has 18 heteroatoms. The molecule has 0 unspecified atom stereocenters. The third-order valence-electron chi connectivity index (χ3n) is 11.2. The van der Waals surface area contributed by atoms with Crippen molar-refractivity contribution >= 4 is 58.4 Å². The summed E-state index contributed by atoms with van der Waals surface area (Å²) < 4.78 is 33.2. The van der Waals surface area contributed by atoms with Crippen LogP contribution in [0.4, 0.5) is 11.4 Å². The molecule has 8 aromatic rings. The number of esters is 4. The van der Waals surface area contributed by atoms with Gasteiger partial charge in [0.15, 0.2) is 34.5 Å². The largest absolute Gasteiger partial charge is 0.459 e. The van der Waals surface area contributed by atoms with Crippen LogP contribution in [-0.4, -0.2) is 75.6 Å². The van der Waals surface area contributed by atoms with Gasteiger partial charge >= 0.3 is 23.9 Å². The highest BCUT2D eigenvalue weighted by Crippen LogP contribution is 2.33. The van der Waals surface area contributed by atoms with E-state index in [-0.39, 0.29) is 43.2 Å². The van der Waals surface area contributed by atoms with E-state index in [1.165, 1.54) is 66.4 Å². The van der Waals surface area contributed by atoms with Crippen molar-refractivity contribution in [3.8, 4) is 5.69 Å². The van der Waals surface area contributed by atoms with Gasteiger partial charge in [-0.3, -0.25) is 14.7 Å². The summed E-state index contributed by atoms with van der Waals surface area (Å²) in [5, 5.41) is 12.6. The molecule has 1 fully saturated rings. The third kappa shape index (κ3) is 12.6. The van der Waals surface area contributed by atoms with E-state index in [0.29, 0.717) is 16.6 Å². The monoisotopic (exact) mass is 1030 g/mol. The molecule has 0 aliphatic carbocycles. The zero-order chi connectivity index (χ0) is 51.2. The standard InChI is InChI=1S/C56H43N5O11S2/c62-50(38-22-9-2-10-23-38)68-35-45-46(70-51(63)39-24-11-3-12-25-39)47(71-52(64)40-26-13-4-14-27-40)48(72-53(65)41-28-15-5-16-29-41)49(69-45)58-56-60(43-32-19-33-44(34-43)61(66)67)55(73-36-37-20-7-1-8-21-37)59-54(74-56)57-42-30-17-6-18-31-42/h1-34,45-49H,35-36H2/b57-54?,58-56-/t45-,46-,47+,48-,49-/m1/s1. The quantitative estimate of drug-likeness (QED) is 0.0292. The number of non-ortho nitro benzene ring substituents is 1. The Balaban J connectivity index is 1.28.